The van der Waals surface area contributed by atoms with E-state index in [1.54, 1.807) is 16.4 Å². The molecular weight excluding hydrogens is 310 g/mol. The summed E-state index contributed by atoms with van der Waals surface area (Å²) in [6, 6.07) is 3.37. The summed E-state index contributed by atoms with van der Waals surface area (Å²) in [6.45, 7) is 1.59. The lowest BCUT2D eigenvalue weighted by Gasteiger charge is -2.37. The molecule has 2 N–H and O–H groups in total. The Hall–Kier alpha value is -0.980. The molecule has 1 unspecified atom stereocenters. The number of sulfonamides is 1. The number of piperidine rings is 1. The van der Waals surface area contributed by atoms with Crippen LogP contribution in [0.3, 0.4) is 0 Å². The molecular formula is C17H27N3O2S. The Morgan fingerprint density at radius 3 is 2.61 bits per heavy atom. The van der Waals surface area contributed by atoms with Crippen LogP contribution in [0.4, 0.5) is 0 Å². The predicted octanol–water partition coefficient (Wildman–Crippen LogP) is 2.52. The Balaban J connectivity index is 1.76. The van der Waals surface area contributed by atoms with Gasteiger partial charge in [-0.3, -0.25) is 0 Å². The molecule has 0 amide bonds. The zero-order valence-electron chi connectivity index (χ0n) is 13.7. The van der Waals surface area contributed by atoms with Crippen LogP contribution >= 0.6 is 0 Å². The van der Waals surface area contributed by atoms with E-state index in [0.29, 0.717) is 31.5 Å². The molecule has 128 valence electrons. The highest BCUT2D eigenvalue weighted by Gasteiger charge is 2.34. The first-order chi connectivity index (χ1) is 11.1. The van der Waals surface area contributed by atoms with Gasteiger partial charge in [0.15, 0.2) is 5.03 Å². The van der Waals surface area contributed by atoms with Crippen LogP contribution in [0, 0.1) is 11.8 Å². The van der Waals surface area contributed by atoms with E-state index in [4.69, 9.17) is 5.73 Å². The van der Waals surface area contributed by atoms with Crippen molar-refractivity contribution in [2.45, 2.75) is 56.5 Å². The van der Waals surface area contributed by atoms with Gasteiger partial charge in [0.2, 0.25) is 0 Å². The van der Waals surface area contributed by atoms with Crippen LogP contribution < -0.4 is 5.73 Å². The maximum Gasteiger partial charge on any atom is 0.260 e. The quantitative estimate of drug-likeness (QED) is 0.916. The molecule has 3 rings (SSSR count). The van der Waals surface area contributed by atoms with Crippen molar-refractivity contribution in [3.8, 4) is 0 Å². The van der Waals surface area contributed by atoms with Gasteiger partial charge in [-0.25, -0.2) is 13.4 Å². The van der Waals surface area contributed by atoms with Gasteiger partial charge in [0.1, 0.15) is 0 Å². The third-order valence-electron chi connectivity index (χ3n) is 5.38. The van der Waals surface area contributed by atoms with E-state index in [2.05, 4.69) is 4.98 Å². The van der Waals surface area contributed by atoms with Crippen molar-refractivity contribution >= 4 is 10.0 Å². The number of pyridine rings is 1. The van der Waals surface area contributed by atoms with Crippen LogP contribution in [0.25, 0.3) is 0 Å². The van der Waals surface area contributed by atoms with Gasteiger partial charge in [0.25, 0.3) is 10.0 Å². The third-order valence-corrected chi connectivity index (χ3v) is 7.14. The maximum atomic E-state index is 12.9. The highest BCUT2D eigenvalue weighted by Crippen LogP contribution is 2.36. The third kappa shape index (κ3) is 3.75. The number of hydrogen-bond donors (Lipinski definition) is 1. The summed E-state index contributed by atoms with van der Waals surface area (Å²) in [7, 11) is -3.50. The average Bonchev–Trinajstić information content (AvgIpc) is 2.62. The zero-order chi connectivity index (χ0) is 16.3. The molecule has 1 saturated heterocycles. The molecule has 1 aliphatic carbocycles. The van der Waals surface area contributed by atoms with E-state index in [1.807, 2.05) is 0 Å². The van der Waals surface area contributed by atoms with Gasteiger partial charge in [-0.05, 0) is 42.4 Å². The minimum Gasteiger partial charge on any atom is -0.326 e. The van der Waals surface area contributed by atoms with Crippen molar-refractivity contribution in [3.05, 3.63) is 23.9 Å². The lowest BCUT2D eigenvalue weighted by Crippen LogP contribution is -2.42. The first-order valence-electron chi connectivity index (χ1n) is 8.76. The van der Waals surface area contributed by atoms with Crippen molar-refractivity contribution in [2.24, 2.45) is 17.6 Å². The van der Waals surface area contributed by atoms with E-state index in [9.17, 15) is 8.42 Å². The standard InChI is InChI=1S/C17H27N3O2S/c18-12-14-8-9-19-17(11-14)23(21,22)20-10-4-7-16(13-20)15-5-2-1-3-6-15/h8-9,11,15-16H,1-7,10,12-13,18H2. The number of hydrogen-bond acceptors (Lipinski definition) is 4. The van der Waals surface area contributed by atoms with Crippen LogP contribution in [-0.2, 0) is 16.6 Å². The van der Waals surface area contributed by atoms with Crippen molar-refractivity contribution in [1.82, 2.24) is 9.29 Å². The van der Waals surface area contributed by atoms with Gasteiger partial charge in [-0.15, -0.1) is 0 Å². The number of nitrogens with zero attached hydrogens (tertiary/aromatic N) is 2. The molecule has 0 aromatic carbocycles. The summed E-state index contributed by atoms with van der Waals surface area (Å²) < 4.78 is 27.5. The van der Waals surface area contributed by atoms with Crippen LogP contribution in [0.5, 0.6) is 0 Å². The average molecular weight is 337 g/mol. The molecule has 23 heavy (non-hydrogen) atoms. The van der Waals surface area contributed by atoms with E-state index in [1.165, 1.54) is 38.3 Å². The first kappa shape index (κ1) is 16.9. The summed E-state index contributed by atoms with van der Waals surface area (Å²) in [5, 5.41) is 0.143. The van der Waals surface area contributed by atoms with Crippen molar-refractivity contribution in [2.75, 3.05) is 13.1 Å². The SMILES string of the molecule is NCc1ccnc(S(=O)(=O)N2CCCC(C3CCCCC3)C2)c1. The maximum absolute atomic E-state index is 12.9. The van der Waals surface area contributed by atoms with Gasteiger partial charge in [-0.2, -0.15) is 4.31 Å². The molecule has 1 atom stereocenters. The molecule has 1 saturated carbocycles. The zero-order valence-corrected chi connectivity index (χ0v) is 14.5. The van der Waals surface area contributed by atoms with Gasteiger partial charge < -0.3 is 5.73 Å². The summed E-state index contributed by atoms with van der Waals surface area (Å²) in [5.74, 6) is 1.21. The number of aromatic nitrogens is 1. The van der Waals surface area contributed by atoms with E-state index < -0.39 is 10.0 Å². The Morgan fingerprint density at radius 2 is 1.87 bits per heavy atom. The van der Waals surface area contributed by atoms with Crippen LogP contribution in [0.15, 0.2) is 23.4 Å². The lowest BCUT2D eigenvalue weighted by atomic mass is 9.77. The highest BCUT2D eigenvalue weighted by atomic mass is 32.2. The van der Waals surface area contributed by atoms with Crippen LogP contribution in [0.2, 0.25) is 0 Å². The lowest BCUT2D eigenvalue weighted by molar-refractivity contribution is 0.164. The molecule has 1 aromatic rings. The molecule has 6 heteroatoms. The van der Waals surface area contributed by atoms with Gasteiger partial charge in [0, 0.05) is 25.8 Å². The highest BCUT2D eigenvalue weighted by molar-refractivity contribution is 7.89. The smallest absolute Gasteiger partial charge is 0.260 e. The van der Waals surface area contributed by atoms with Crippen molar-refractivity contribution < 1.29 is 8.42 Å². The van der Waals surface area contributed by atoms with Gasteiger partial charge >= 0.3 is 0 Å². The molecule has 1 aliphatic heterocycles. The van der Waals surface area contributed by atoms with Crippen molar-refractivity contribution in [3.63, 3.8) is 0 Å². The second-order valence-corrected chi connectivity index (χ2v) is 8.75. The number of nitrogens with two attached hydrogens (primary N) is 1. The van der Waals surface area contributed by atoms with Crippen molar-refractivity contribution in [1.29, 1.82) is 0 Å². The molecule has 2 fully saturated rings. The van der Waals surface area contributed by atoms with E-state index in [-0.39, 0.29) is 5.03 Å². The minimum absolute atomic E-state index is 0.143. The second kappa shape index (κ2) is 7.28. The Kier molecular flexibility index (Phi) is 5.34. The molecule has 2 heterocycles. The molecule has 0 bridgehead atoms. The Morgan fingerprint density at radius 1 is 1.13 bits per heavy atom. The topological polar surface area (TPSA) is 76.3 Å². The monoisotopic (exact) mass is 337 g/mol. The number of rotatable bonds is 4. The second-order valence-electron chi connectivity index (χ2n) is 6.87. The fraction of sp³-hybridized carbons (Fsp3) is 0.706. The first-order valence-corrected chi connectivity index (χ1v) is 10.2. The molecule has 5 nitrogen and oxygen atoms in total. The summed E-state index contributed by atoms with van der Waals surface area (Å²) in [6.07, 6.45) is 10.1. The summed E-state index contributed by atoms with van der Waals surface area (Å²) >= 11 is 0. The van der Waals surface area contributed by atoms with Crippen LogP contribution in [-0.4, -0.2) is 30.8 Å². The fourth-order valence-electron chi connectivity index (χ4n) is 4.03. The Bertz CT molecular complexity index is 626. The van der Waals surface area contributed by atoms with Gasteiger partial charge in [-0.1, -0.05) is 32.1 Å². The normalized spacial score (nSPS) is 24.7. The minimum atomic E-state index is -3.50. The summed E-state index contributed by atoms with van der Waals surface area (Å²) in [4.78, 5) is 4.09. The molecule has 0 spiro atoms. The van der Waals surface area contributed by atoms with E-state index >= 15 is 0 Å². The fourth-order valence-corrected chi connectivity index (χ4v) is 5.55. The van der Waals surface area contributed by atoms with E-state index in [0.717, 1.165) is 18.4 Å². The predicted molar refractivity (Wildman–Crippen MR) is 90.2 cm³/mol. The van der Waals surface area contributed by atoms with Crippen LogP contribution in [0.1, 0.15) is 50.5 Å². The molecule has 2 aliphatic rings. The Labute approximate surface area is 139 Å². The molecule has 0 radical (unpaired) electrons. The summed E-state index contributed by atoms with van der Waals surface area (Å²) in [5.41, 5.74) is 6.43. The molecule has 1 aromatic heterocycles. The van der Waals surface area contributed by atoms with Gasteiger partial charge in [0.05, 0.1) is 0 Å². The largest absolute Gasteiger partial charge is 0.326 e.